The van der Waals surface area contributed by atoms with Crippen LogP contribution < -0.4 is 0 Å². The number of aliphatic hydroxyl groups excluding tert-OH is 2. The summed E-state index contributed by atoms with van der Waals surface area (Å²) in [7, 11) is 3.24. The Balaban J connectivity index is 0.000000400. The molecule has 1 fully saturated rings. The molecule has 6 nitrogen and oxygen atoms in total. The first kappa shape index (κ1) is 20.8. The number of hydrogen-bond donors (Lipinski definition) is 2. The van der Waals surface area contributed by atoms with Crippen LogP contribution in [0.5, 0.6) is 0 Å². The summed E-state index contributed by atoms with van der Waals surface area (Å²) in [5, 5.41) is 17.4. The summed E-state index contributed by atoms with van der Waals surface area (Å²) in [5.41, 5.74) is -0.459. The summed E-state index contributed by atoms with van der Waals surface area (Å²) < 4.78 is 20.9. The quantitative estimate of drug-likeness (QED) is 0.763. The van der Waals surface area contributed by atoms with Gasteiger partial charge in [0.05, 0.1) is 39.6 Å². The maximum Gasteiger partial charge on any atom is 0.162 e. The molecule has 0 aromatic heterocycles. The van der Waals surface area contributed by atoms with Gasteiger partial charge in [-0.05, 0) is 13.8 Å². The maximum absolute atomic E-state index is 8.68. The van der Waals surface area contributed by atoms with Crippen molar-refractivity contribution >= 4 is 0 Å². The van der Waals surface area contributed by atoms with Gasteiger partial charge in [-0.1, -0.05) is 13.8 Å². The molecular formula is C15H32O6. The fraction of sp³-hybridized carbons (Fsp3) is 1.00. The summed E-state index contributed by atoms with van der Waals surface area (Å²) in [4.78, 5) is 0. The van der Waals surface area contributed by atoms with Crippen molar-refractivity contribution < 1.29 is 29.2 Å². The first-order valence-electron chi connectivity index (χ1n) is 7.13. The minimum atomic E-state index is -0.477. The molecule has 0 bridgehead atoms. The van der Waals surface area contributed by atoms with Crippen molar-refractivity contribution in [3.05, 3.63) is 0 Å². The molecule has 1 aliphatic heterocycles. The molecule has 21 heavy (non-hydrogen) atoms. The van der Waals surface area contributed by atoms with Crippen molar-refractivity contribution in [2.24, 2.45) is 10.8 Å². The zero-order valence-electron chi connectivity index (χ0n) is 14.3. The van der Waals surface area contributed by atoms with Crippen molar-refractivity contribution in [1.29, 1.82) is 0 Å². The second-order valence-electron chi connectivity index (χ2n) is 6.78. The Morgan fingerprint density at radius 1 is 1.00 bits per heavy atom. The predicted molar refractivity (Wildman–Crippen MR) is 80.1 cm³/mol. The Bertz CT molecular complexity index is 265. The van der Waals surface area contributed by atoms with Crippen LogP contribution in [-0.2, 0) is 18.9 Å². The van der Waals surface area contributed by atoms with Crippen LogP contribution in [0.15, 0.2) is 0 Å². The maximum atomic E-state index is 8.68. The highest BCUT2D eigenvalue weighted by atomic mass is 16.7. The second-order valence-corrected chi connectivity index (χ2v) is 6.78. The van der Waals surface area contributed by atoms with Crippen molar-refractivity contribution in [3.63, 3.8) is 0 Å². The van der Waals surface area contributed by atoms with Crippen molar-refractivity contribution in [2.75, 3.05) is 53.9 Å². The van der Waals surface area contributed by atoms with Crippen LogP contribution in [0.25, 0.3) is 0 Å². The van der Waals surface area contributed by atoms with Crippen LogP contribution in [0, 0.1) is 10.8 Å². The Kier molecular flexibility index (Phi) is 8.92. The van der Waals surface area contributed by atoms with Gasteiger partial charge in [-0.2, -0.15) is 0 Å². The van der Waals surface area contributed by atoms with Gasteiger partial charge in [0.15, 0.2) is 5.79 Å². The average molecular weight is 308 g/mol. The number of aliphatic hydroxyl groups is 2. The van der Waals surface area contributed by atoms with Gasteiger partial charge in [-0.25, -0.2) is 0 Å². The SMILES string of the molecule is COCC(C)(CO)CO.COCC1(C)COC(C)(C)OC1. The predicted octanol–water partition coefficient (Wildman–Crippen LogP) is 1.05. The van der Waals surface area contributed by atoms with Gasteiger partial charge in [0.1, 0.15) is 0 Å². The van der Waals surface area contributed by atoms with Gasteiger partial charge in [-0.3, -0.25) is 0 Å². The molecule has 0 amide bonds. The molecule has 2 N–H and O–H groups in total. The molecule has 1 rings (SSSR count). The van der Waals surface area contributed by atoms with E-state index >= 15 is 0 Å². The van der Waals surface area contributed by atoms with Crippen molar-refractivity contribution in [3.8, 4) is 0 Å². The fourth-order valence-corrected chi connectivity index (χ4v) is 1.70. The molecule has 0 atom stereocenters. The number of methoxy groups -OCH3 is 2. The van der Waals surface area contributed by atoms with E-state index in [0.29, 0.717) is 26.4 Å². The third kappa shape index (κ3) is 8.09. The van der Waals surface area contributed by atoms with E-state index in [1.807, 2.05) is 13.8 Å². The Morgan fingerprint density at radius 2 is 1.48 bits per heavy atom. The Labute approximate surface area is 128 Å². The molecule has 6 heteroatoms. The topological polar surface area (TPSA) is 77.4 Å². The first-order chi connectivity index (χ1) is 9.66. The Hall–Kier alpha value is -0.240. The molecule has 0 unspecified atom stereocenters. The van der Waals surface area contributed by atoms with Crippen LogP contribution in [0.4, 0.5) is 0 Å². The van der Waals surface area contributed by atoms with E-state index in [4.69, 9.17) is 29.2 Å². The van der Waals surface area contributed by atoms with E-state index < -0.39 is 11.2 Å². The lowest BCUT2D eigenvalue weighted by Crippen LogP contribution is -2.47. The molecule has 0 aromatic carbocycles. The second kappa shape index (κ2) is 9.02. The number of rotatable bonds is 6. The molecule has 0 radical (unpaired) electrons. The van der Waals surface area contributed by atoms with E-state index in [1.54, 1.807) is 21.1 Å². The van der Waals surface area contributed by atoms with E-state index in [9.17, 15) is 0 Å². The zero-order valence-corrected chi connectivity index (χ0v) is 14.3. The summed E-state index contributed by atoms with van der Waals surface area (Å²) >= 11 is 0. The number of ether oxygens (including phenoxy) is 4. The van der Waals surface area contributed by atoms with Crippen LogP contribution >= 0.6 is 0 Å². The van der Waals surface area contributed by atoms with E-state index in [1.165, 1.54) is 0 Å². The molecule has 0 saturated carbocycles. The molecular weight excluding hydrogens is 276 g/mol. The molecule has 0 aliphatic carbocycles. The normalized spacial score (nSPS) is 20.6. The van der Waals surface area contributed by atoms with Gasteiger partial charge < -0.3 is 29.2 Å². The van der Waals surface area contributed by atoms with Crippen LogP contribution in [0.2, 0.25) is 0 Å². The molecule has 0 aromatic rings. The van der Waals surface area contributed by atoms with Crippen LogP contribution in [0.3, 0.4) is 0 Å². The highest BCUT2D eigenvalue weighted by molar-refractivity contribution is 4.78. The van der Waals surface area contributed by atoms with Crippen LogP contribution in [0.1, 0.15) is 27.7 Å². The third-order valence-corrected chi connectivity index (χ3v) is 3.29. The molecule has 1 heterocycles. The van der Waals surface area contributed by atoms with Gasteiger partial charge in [0.25, 0.3) is 0 Å². The van der Waals surface area contributed by atoms with Gasteiger partial charge in [0, 0.05) is 25.0 Å². The average Bonchev–Trinajstić information content (AvgIpc) is 2.44. The monoisotopic (exact) mass is 308 g/mol. The summed E-state index contributed by atoms with van der Waals surface area (Å²) in [6.45, 7) is 10.1. The molecule has 128 valence electrons. The lowest BCUT2D eigenvalue weighted by molar-refractivity contribution is -0.287. The number of hydrogen-bond acceptors (Lipinski definition) is 6. The lowest BCUT2D eigenvalue weighted by atomic mass is 9.93. The van der Waals surface area contributed by atoms with Gasteiger partial charge in [0.2, 0.25) is 0 Å². The lowest BCUT2D eigenvalue weighted by Gasteiger charge is -2.40. The van der Waals surface area contributed by atoms with Gasteiger partial charge >= 0.3 is 0 Å². The standard InChI is InChI=1S/C9H18O3.C6H14O3/c1-8(2)11-6-9(3,5-10-4)7-12-8;1-6(3-7,4-8)5-9-2/h5-7H2,1-4H3;7-8H,3-5H2,1-2H3. The van der Waals surface area contributed by atoms with E-state index in [2.05, 4.69) is 6.92 Å². The largest absolute Gasteiger partial charge is 0.396 e. The minimum Gasteiger partial charge on any atom is -0.396 e. The van der Waals surface area contributed by atoms with Gasteiger partial charge in [-0.15, -0.1) is 0 Å². The van der Waals surface area contributed by atoms with E-state index in [-0.39, 0.29) is 18.6 Å². The Morgan fingerprint density at radius 3 is 1.76 bits per heavy atom. The first-order valence-corrected chi connectivity index (χ1v) is 7.13. The van der Waals surface area contributed by atoms with Crippen molar-refractivity contribution in [1.82, 2.24) is 0 Å². The fourth-order valence-electron chi connectivity index (χ4n) is 1.70. The molecule has 1 aliphatic rings. The van der Waals surface area contributed by atoms with Crippen molar-refractivity contribution in [2.45, 2.75) is 33.5 Å². The zero-order chi connectivity index (χ0) is 16.6. The highest BCUT2D eigenvalue weighted by Gasteiger charge is 2.36. The third-order valence-electron chi connectivity index (χ3n) is 3.29. The molecule has 0 spiro atoms. The summed E-state index contributed by atoms with van der Waals surface area (Å²) in [6.07, 6.45) is 0. The summed E-state index contributed by atoms with van der Waals surface area (Å²) in [5.74, 6) is -0.423. The smallest absolute Gasteiger partial charge is 0.162 e. The highest BCUT2D eigenvalue weighted by Crippen LogP contribution is 2.29. The summed E-state index contributed by atoms with van der Waals surface area (Å²) in [6, 6.07) is 0. The van der Waals surface area contributed by atoms with Crippen LogP contribution in [-0.4, -0.2) is 69.9 Å². The van der Waals surface area contributed by atoms with E-state index in [0.717, 1.165) is 0 Å². The molecule has 1 saturated heterocycles. The minimum absolute atomic E-state index is 0.0181.